The Bertz CT molecular complexity index is 662. The maximum absolute atomic E-state index is 12.1. The van der Waals surface area contributed by atoms with Gasteiger partial charge in [0.05, 0.1) is 17.6 Å². The largest absolute Gasteiger partial charge is 0.456 e. The van der Waals surface area contributed by atoms with Gasteiger partial charge in [-0.05, 0) is 34.1 Å². The van der Waals surface area contributed by atoms with E-state index < -0.39 is 16.0 Å². The standard InChI is InChI=1S/C12H13BrClNO5S/c1-8(14)7-20-12(16)10-6-9(4-5-11(10)13)21(17,18)15(2)19-3/h4-6H,1,7H2,2-3H3. The Kier molecular flexibility index (Phi) is 6.36. The summed E-state index contributed by atoms with van der Waals surface area (Å²) in [5, 5.41) is 0.155. The number of benzene rings is 1. The lowest BCUT2D eigenvalue weighted by molar-refractivity contribution is -0.0258. The summed E-state index contributed by atoms with van der Waals surface area (Å²) in [4.78, 5) is 16.5. The third kappa shape index (κ3) is 4.52. The summed E-state index contributed by atoms with van der Waals surface area (Å²) in [6, 6.07) is 3.96. The molecule has 0 heterocycles. The second-order valence-electron chi connectivity index (χ2n) is 3.83. The van der Waals surface area contributed by atoms with Gasteiger partial charge in [-0.3, -0.25) is 4.84 Å². The van der Waals surface area contributed by atoms with Gasteiger partial charge < -0.3 is 4.74 Å². The highest BCUT2D eigenvalue weighted by atomic mass is 79.9. The molecule has 0 amide bonds. The number of nitrogens with zero attached hydrogens (tertiary/aromatic N) is 1. The molecule has 1 rings (SSSR count). The predicted molar refractivity (Wildman–Crippen MR) is 81.4 cm³/mol. The van der Waals surface area contributed by atoms with Gasteiger partial charge in [0, 0.05) is 16.6 Å². The highest BCUT2D eigenvalue weighted by Crippen LogP contribution is 2.24. The second kappa shape index (κ2) is 7.37. The van der Waals surface area contributed by atoms with Crippen molar-refractivity contribution in [1.29, 1.82) is 0 Å². The van der Waals surface area contributed by atoms with Gasteiger partial charge in [0.15, 0.2) is 0 Å². The van der Waals surface area contributed by atoms with Crippen molar-refractivity contribution >= 4 is 43.5 Å². The molecule has 9 heteroatoms. The summed E-state index contributed by atoms with van der Waals surface area (Å²) in [6.07, 6.45) is 0. The van der Waals surface area contributed by atoms with Crippen LogP contribution in [-0.2, 0) is 19.6 Å². The number of halogens is 2. The molecule has 0 unspecified atom stereocenters. The Morgan fingerprint density at radius 2 is 2.10 bits per heavy atom. The van der Waals surface area contributed by atoms with E-state index in [1.807, 2.05) is 0 Å². The third-order valence-electron chi connectivity index (χ3n) is 2.41. The molecule has 0 N–H and O–H groups in total. The van der Waals surface area contributed by atoms with Crippen LogP contribution >= 0.6 is 27.5 Å². The Hall–Kier alpha value is -0.930. The molecule has 0 aromatic heterocycles. The number of hydrogen-bond donors (Lipinski definition) is 0. The molecule has 116 valence electrons. The fourth-order valence-corrected chi connectivity index (χ4v) is 2.75. The number of hydrogen-bond acceptors (Lipinski definition) is 5. The van der Waals surface area contributed by atoms with Gasteiger partial charge in [0.2, 0.25) is 0 Å². The Morgan fingerprint density at radius 1 is 1.48 bits per heavy atom. The second-order valence-corrected chi connectivity index (χ2v) is 7.16. The fourth-order valence-electron chi connectivity index (χ4n) is 1.29. The number of carbonyl (C=O) groups is 1. The third-order valence-corrected chi connectivity index (χ3v) is 4.89. The monoisotopic (exact) mass is 397 g/mol. The van der Waals surface area contributed by atoms with Gasteiger partial charge >= 0.3 is 5.97 Å². The summed E-state index contributed by atoms with van der Waals surface area (Å²) in [6.45, 7) is 3.23. The average molecular weight is 399 g/mol. The van der Waals surface area contributed by atoms with Crippen molar-refractivity contribution in [3.05, 3.63) is 39.8 Å². The summed E-state index contributed by atoms with van der Waals surface area (Å²) in [5.74, 6) is -0.721. The van der Waals surface area contributed by atoms with E-state index in [9.17, 15) is 13.2 Å². The molecule has 0 saturated heterocycles. The van der Waals surface area contributed by atoms with Crippen LogP contribution in [0.5, 0.6) is 0 Å². The smallest absolute Gasteiger partial charge is 0.339 e. The molecule has 0 aliphatic carbocycles. The van der Waals surface area contributed by atoms with E-state index in [2.05, 4.69) is 27.3 Å². The van der Waals surface area contributed by atoms with E-state index in [1.54, 1.807) is 0 Å². The van der Waals surface area contributed by atoms with Crippen molar-refractivity contribution in [2.24, 2.45) is 0 Å². The summed E-state index contributed by atoms with van der Waals surface area (Å²) in [7, 11) is -1.39. The Labute approximate surface area is 136 Å². The lowest BCUT2D eigenvalue weighted by atomic mass is 10.2. The average Bonchev–Trinajstić information content (AvgIpc) is 2.43. The number of esters is 1. The molecule has 6 nitrogen and oxygen atoms in total. The quantitative estimate of drug-likeness (QED) is 0.544. The minimum atomic E-state index is -3.85. The zero-order valence-corrected chi connectivity index (χ0v) is 14.5. The van der Waals surface area contributed by atoms with Crippen molar-refractivity contribution in [2.45, 2.75) is 4.90 Å². The SMILES string of the molecule is C=C(Cl)COC(=O)c1cc(S(=O)(=O)N(C)OC)ccc1Br. The van der Waals surface area contributed by atoms with Crippen LogP contribution in [0.25, 0.3) is 0 Å². The zero-order valence-electron chi connectivity index (χ0n) is 11.3. The molecular weight excluding hydrogens is 386 g/mol. The highest BCUT2D eigenvalue weighted by Gasteiger charge is 2.23. The summed E-state index contributed by atoms with van der Waals surface area (Å²) < 4.78 is 30.2. The van der Waals surface area contributed by atoms with E-state index >= 15 is 0 Å². The molecule has 0 aliphatic rings. The number of hydroxylamine groups is 1. The van der Waals surface area contributed by atoms with Gasteiger partial charge in [-0.2, -0.15) is 0 Å². The first kappa shape index (κ1) is 18.1. The topological polar surface area (TPSA) is 72.9 Å². The number of sulfonamides is 1. The first-order valence-electron chi connectivity index (χ1n) is 5.53. The van der Waals surface area contributed by atoms with Crippen molar-refractivity contribution in [3.8, 4) is 0 Å². The molecule has 0 bridgehead atoms. The normalized spacial score (nSPS) is 11.5. The summed E-state index contributed by atoms with van der Waals surface area (Å²) in [5.41, 5.74) is 0.0542. The first-order chi connectivity index (χ1) is 9.70. The van der Waals surface area contributed by atoms with E-state index in [4.69, 9.17) is 16.3 Å². The van der Waals surface area contributed by atoms with Crippen molar-refractivity contribution < 1.29 is 22.8 Å². The molecule has 0 atom stereocenters. The molecule has 21 heavy (non-hydrogen) atoms. The van der Waals surface area contributed by atoms with Crippen molar-refractivity contribution in [1.82, 2.24) is 4.47 Å². The number of ether oxygens (including phenoxy) is 1. The fraction of sp³-hybridized carbons (Fsp3) is 0.250. The van der Waals surface area contributed by atoms with Crippen LogP contribution in [0.3, 0.4) is 0 Å². The molecule has 0 saturated carbocycles. The van der Waals surface area contributed by atoms with Gasteiger partial charge in [0.25, 0.3) is 10.0 Å². The molecule has 1 aromatic carbocycles. The maximum Gasteiger partial charge on any atom is 0.339 e. The Morgan fingerprint density at radius 3 is 2.62 bits per heavy atom. The highest BCUT2D eigenvalue weighted by molar-refractivity contribution is 9.10. The first-order valence-corrected chi connectivity index (χ1v) is 8.14. The van der Waals surface area contributed by atoms with Crippen molar-refractivity contribution in [3.63, 3.8) is 0 Å². The molecule has 0 aliphatic heterocycles. The maximum atomic E-state index is 12.1. The molecule has 1 aromatic rings. The zero-order chi connectivity index (χ0) is 16.2. The van der Waals surface area contributed by atoms with Crippen LogP contribution in [0.4, 0.5) is 0 Å². The van der Waals surface area contributed by atoms with E-state index in [-0.39, 0.29) is 22.1 Å². The minimum absolute atomic E-state index is 0.0542. The van der Waals surface area contributed by atoms with Crippen LogP contribution in [0.2, 0.25) is 0 Å². The van der Waals surface area contributed by atoms with Crippen molar-refractivity contribution in [2.75, 3.05) is 20.8 Å². The van der Waals surface area contributed by atoms with Crippen LogP contribution in [0.1, 0.15) is 10.4 Å². The minimum Gasteiger partial charge on any atom is -0.456 e. The van der Waals surface area contributed by atoms with Gasteiger partial charge in [-0.1, -0.05) is 22.6 Å². The van der Waals surface area contributed by atoms with Crippen LogP contribution in [0, 0.1) is 0 Å². The van der Waals surface area contributed by atoms with Gasteiger partial charge in [-0.15, -0.1) is 0 Å². The lowest BCUT2D eigenvalue weighted by Crippen LogP contribution is -2.26. The number of rotatable bonds is 6. The predicted octanol–water partition coefficient (Wildman–Crippen LogP) is 2.54. The molecule has 0 fully saturated rings. The summed E-state index contributed by atoms with van der Waals surface area (Å²) >= 11 is 8.67. The van der Waals surface area contributed by atoms with Crippen LogP contribution in [-0.4, -0.2) is 39.6 Å². The van der Waals surface area contributed by atoms with E-state index in [1.165, 1.54) is 32.4 Å². The lowest BCUT2D eigenvalue weighted by Gasteiger charge is -2.15. The van der Waals surface area contributed by atoms with Crippen LogP contribution < -0.4 is 0 Å². The number of carbonyl (C=O) groups excluding carboxylic acids is 1. The van der Waals surface area contributed by atoms with Gasteiger partial charge in [-0.25, -0.2) is 13.2 Å². The van der Waals surface area contributed by atoms with E-state index in [0.717, 1.165) is 0 Å². The Balaban J connectivity index is 3.17. The van der Waals surface area contributed by atoms with Crippen LogP contribution in [0.15, 0.2) is 39.2 Å². The van der Waals surface area contributed by atoms with E-state index in [0.29, 0.717) is 8.94 Å². The molecule has 0 spiro atoms. The van der Waals surface area contributed by atoms with Gasteiger partial charge in [0.1, 0.15) is 6.61 Å². The molecular formula is C12H13BrClNO5S. The molecule has 0 radical (unpaired) electrons.